The summed E-state index contributed by atoms with van der Waals surface area (Å²) in [5.74, 6) is -2.25. The number of aromatic amines is 1. The van der Waals surface area contributed by atoms with Gasteiger partial charge < -0.3 is 5.11 Å². The van der Waals surface area contributed by atoms with Crippen LogP contribution in [0.3, 0.4) is 0 Å². The van der Waals surface area contributed by atoms with Gasteiger partial charge in [0.25, 0.3) is 10.0 Å². The molecule has 9 heteroatoms. The number of para-hydroxylation sites is 1. The zero-order chi connectivity index (χ0) is 15.8. The molecule has 0 aliphatic carbocycles. The molecule has 0 radical (unpaired) electrons. The fourth-order valence-electron chi connectivity index (χ4n) is 1.84. The van der Waals surface area contributed by atoms with Gasteiger partial charge in [0.1, 0.15) is 10.7 Å². The van der Waals surface area contributed by atoms with Gasteiger partial charge in [-0.1, -0.05) is 12.1 Å². The highest BCUT2D eigenvalue weighted by Gasteiger charge is 2.29. The van der Waals surface area contributed by atoms with E-state index in [0.717, 1.165) is 6.07 Å². The summed E-state index contributed by atoms with van der Waals surface area (Å²) in [5.41, 5.74) is -0.450. The normalized spacial score (nSPS) is 11.4. The minimum atomic E-state index is -4.29. The van der Waals surface area contributed by atoms with Gasteiger partial charge in [0.05, 0.1) is 11.4 Å². The molecule has 0 saturated heterocycles. The number of halogens is 1. The van der Waals surface area contributed by atoms with Crippen LogP contribution in [0.15, 0.2) is 23.1 Å². The zero-order valence-electron chi connectivity index (χ0n) is 11.1. The summed E-state index contributed by atoms with van der Waals surface area (Å²) in [6, 6.07) is 4.07. The lowest BCUT2D eigenvalue weighted by Gasteiger charge is -2.11. The Labute approximate surface area is 119 Å². The molecule has 0 amide bonds. The summed E-state index contributed by atoms with van der Waals surface area (Å²) in [7, 11) is -4.29. The molecule has 0 atom stereocenters. The van der Waals surface area contributed by atoms with Gasteiger partial charge in [-0.15, -0.1) is 0 Å². The Morgan fingerprint density at radius 1 is 1.38 bits per heavy atom. The first-order valence-electron chi connectivity index (χ1n) is 5.80. The third kappa shape index (κ3) is 2.72. The van der Waals surface area contributed by atoms with Crippen LogP contribution in [0, 0.1) is 19.7 Å². The lowest BCUT2D eigenvalue weighted by atomic mass is 10.2. The molecular formula is C12H12FN3O4S. The maximum absolute atomic E-state index is 13.7. The Hall–Kier alpha value is -2.42. The molecule has 3 N–H and O–H groups in total. The molecule has 1 aromatic heterocycles. The highest BCUT2D eigenvalue weighted by molar-refractivity contribution is 7.92. The smallest absolute Gasteiger partial charge is 0.357 e. The van der Waals surface area contributed by atoms with Crippen molar-refractivity contribution in [3.05, 3.63) is 41.0 Å². The number of rotatable bonds is 4. The lowest BCUT2D eigenvalue weighted by Crippen LogP contribution is -2.18. The number of carbonyl (C=O) groups is 1. The standard InChI is InChI=1S/C12H12FN3O4S/c1-6-4-3-5-8(13)9(6)16-21(19,20)11-7(2)14-15-10(11)12(17)18/h3-5,16H,1-2H3,(H,14,15)(H,17,18). The first-order valence-corrected chi connectivity index (χ1v) is 7.28. The first-order chi connectivity index (χ1) is 9.74. The van der Waals surface area contributed by atoms with Gasteiger partial charge in [-0.3, -0.25) is 9.82 Å². The van der Waals surface area contributed by atoms with Crippen LogP contribution >= 0.6 is 0 Å². The fraction of sp³-hybridized carbons (Fsp3) is 0.167. The third-order valence-electron chi connectivity index (χ3n) is 2.82. The van der Waals surface area contributed by atoms with Crippen LogP contribution < -0.4 is 4.72 Å². The molecule has 7 nitrogen and oxygen atoms in total. The van der Waals surface area contributed by atoms with Crippen LogP contribution in [0.2, 0.25) is 0 Å². The van der Waals surface area contributed by atoms with E-state index in [4.69, 9.17) is 5.11 Å². The number of carboxylic acid groups (broad SMARTS) is 1. The van der Waals surface area contributed by atoms with E-state index in [1.54, 1.807) is 0 Å². The second-order valence-corrected chi connectivity index (χ2v) is 5.99. The SMILES string of the molecule is Cc1cccc(F)c1NS(=O)(=O)c1c(C(=O)O)n[nH]c1C. The summed E-state index contributed by atoms with van der Waals surface area (Å²) >= 11 is 0. The summed E-state index contributed by atoms with van der Waals surface area (Å²) in [4.78, 5) is 10.5. The van der Waals surface area contributed by atoms with E-state index in [9.17, 15) is 17.6 Å². The van der Waals surface area contributed by atoms with Crippen molar-refractivity contribution in [2.45, 2.75) is 18.7 Å². The molecule has 0 saturated carbocycles. The van der Waals surface area contributed by atoms with Crippen molar-refractivity contribution in [3.63, 3.8) is 0 Å². The number of aromatic carboxylic acids is 1. The van der Waals surface area contributed by atoms with Gasteiger partial charge in [0, 0.05) is 0 Å². The molecule has 112 valence electrons. The number of nitrogens with one attached hydrogen (secondary N) is 2. The molecule has 0 spiro atoms. The summed E-state index contributed by atoms with van der Waals surface area (Å²) in [6.07, 6.45) is 0. The van der Waals surface area contributed by atoms with Gasteiger partial charge >= 0.3 is 5.97 Å². The number of hydrogen-bond donors (Lipinski definition) is 3. The Bertz CT molecular complexity index is 794. The van der Waals surface area contributed by atoms with E-state index in [0.29, 0.717) is 5.56 Å². The predicted molar refractivity (Wildman–Crippen MR) is 72.2 cm³/mol. The maximum atomic E-state index is 13.7. The molecular weight excluding hydrogens is 301 g/mol. The molecule has 0 bridgehead atoms. The number of anilines is 1. The number of sulfonamides is 1. The highest BCUT2D eigenvalue weighted by atomic mass is 32.2. The number of benzene rings is 1. The number of hydrogen-bond acceptors (Lipinski definition) is 4. The lowest BCUT2D eigenvalue weighted by molar-refractivity contribution is 0.0686. The Morgan fingerprint density at radius 2 is 2.05 bits per heavy atom. The zero-order valence-corrected chi connectivity index (χ0v) is 12.0. The molecule has 1 heterocycles. The minimum Gasteiger partial charge on any atom is -0.476 e. The quantitative estimate of drug-likeness (QED) is 0.794. The molecule has 21 heavy (non-hydrogen) atoms. The molecule has 0 aliphatic heterocycles. The van der Waals surface area contributed by atoms with E-state index in [-0.39, 0.29) is 11.4 Å². The molecule has 0 fully saturated rings. The number of H-pyrrole nitrogens is 1. The summed E-state index contributed by atoms with van der Waals surface area (Å²) in [6.45, 7) is 2.89. The molecule has 0 unspecified atom stereocenters. The first kappa shape index (κ1) is 15.0. The average molecular weight is 313 g/mol. The van der Waals surface area contributed by atoms with E-state index in [1.165, 1.54) is 26.0 Å². The van der Waals surface area contributed by atoms with E-state index < -0.39 is 32.4 Å². The van der Waals surface area contributed by atoms with Gasteiger partial charge in [0.15, 0.2) is 5.69 Å². The Morgan fingerprint density at radius 3 is 2.62 bits per heavy atom. The average Bonchev–Trinajstić information content (AvgIpc) is 2.77. The Balaban J connectivity index is 2.54. The third-order valence-corrected chi connectivity index (χ3v) is 4.33. The van der Waals surface area contributed by atoms with Crippen LogP contribution in [0.4, 0.5) is 10.1 Å². The molecule has 1 aromatic carbocycles. The number of carboxylic acids is 1. The van der Waals surface area contributed by atoms with Crippen LogP contribution in [0.5, 0.6) is 0 Å². The van der Waals surface area contributed by atoms with Crippen molar-refractivity contribution in [1.29, 1.82) is 0 Å². The molecule has 2 rings (SSSR count). The largest absolute Gasteiger partial charge is 0.476 e. The monoisotopic (exact) mass is 313 g/mol. The van der Waals surface area contributed by atoms with Crippen LogP contribution in [-0.4, -0.2) is 29.7 Å². The van der Waals surface area contributed by atoms with Crippen LogP contribution in [-0.2, 0) is 10.0 Å². The maximum Gasteiger partial charge on any atom is 0.357 e. The van der Waals surface area contributed by atoms with Gasteiger partial charge in [-0.25, -0.2) is 17.6 Å². The van der Waals surface area contributed by atoms with Crippen molar-refractivity contribution in [1.82, 2.24) is 10.2 Å². The second kappa shape index (κ2) is 5.17. The molecule has 0 aliphatic rings. The summed E-state index contributed by atoms with van der Waals surface area (Å²) in [5, 5.41) is 14.7. The van der Waals surface area contributed by atoms with Crippen LogP contribution in [0.25, 0.3) is 0 Å². The van der Waals surface area contributed by atoms with Crippen molar-refractivity contribution < 1.29 is 22.7 Å². The highest BCUT2D eigenvalue weighted by Crippen LogP contribution is 2.25. The van der Waals surface area contributed by atoms with E-state index in [1.807, 2.05) is 0 Å². The van der Waals surface area contributed by atoms with Gasteiger partial charge in [-0.05, 0) is 25.5 Å². The van der Waals surface area contributed by atoms with E-state index in [2.05, 4.69) is 14.9 Å². The van der Waals surface area contributed by atoms with Crippen molar-refractivity contribution >= 4 is 21.7 Å². The Kier molecular flexibility index (Phi) is 3.69. The number of nitrogens with zero attached hydrogens (tertiary/aromatic N) is 1. The van der Waals surface area contributed by atoms with Crippen molar-refractivity contribution in [3.8, 4) is 0 Å². The molecule has 2 aromatic rings. The minimum absolute atomic E-state index is 0.0499. The number of aromatic nitrogens is 2. The van der Waals surface area contributed by atoms with Crippen molar-refractivity contribution in [2.75, 3.05) is 4.72 Å². The van der Waals surface area contributed by atoms with Gasteiger partial charge in [-0.2, -0.15) is 5.10 Å². The van der Waals surface area contributed by atoms with Crippen LogP contribution in [0.1, 0.15) is 21.7 Å². The van der Waals surface area contributed by atoms with Crippen molar-refractivity contribution in [2.24, 2.45) is 0 Å². The van der Waals surface area contributed by atoms with Gasteiger partial charge in [0.2, 0.25) is 0 Å². The predicted octanol–water partition coefficient (Wildman–Crippen LogP) is 1.66. The topological polar surface area (TPSA) is 112 Å². The second-order valence-electron chi connectivity index (χ2n) is 4.37. The number of aryl methyl sites for hydroxylation is 2. The fourth-order valence-corrected chi connectivity index (χ4v) is 3.30. The van der Waals surface area contributed by atoms with E-state index >= 15 is 0 Å². The summed E-state index contributed by atoms with van der Waals surface area (Å²) < 4.78 is 40.4.